The summed E-state index contributed by atoms with van der Waals surface area (Å²) in [5.74, 6) is -4.14. The third-order valence-electron chi connectivity index (χ3n) is 2.41. The minimum absolute atomic E-state index is 0.169. The fourth-order valence-corrected chi connectivity index (χ4v) is 1.55. The second-order valence-electron chi connectivity index (χ2n) is 4.00. The molecule has 0 atom stereocenters. The summed E-state index contributed by atoms with van der Waals surface area (Å²) in [6, 6.07) is 4.17. The van der Waals surface area contributed by atoms with Gasteiger partial charge in [-0.2, -0.15) is 0 Å². The molecule has 0 radical (unpaired) electrons. The highest BCUT2D eigenvalue weighted by atomic mass is 16.5. The number of methoxy groups -OCH3 is 1. The minimum Gasteiger partial charge on any atom is -0.500 e. The van der Waals surface area contributed by atoms with Crippen LogP contribution in [0, 0.1) is 0 Å². The van der Waals surface area contributed by atoms with E-state index in [-0.39, 0.29) is 23.5 Å². The third kappa shape index (κ3) is 4.51. The number of hydrogen-bond donors (Lipinski definition) is 2. The monoisotopic (exact) mass is 310 g/mol. The van der Waals surface area contributed by atoms with Gasteiger partial charge in [0.15, 0.2) is 0 Å². The summed E-state index contributed by atoms with van der Waals surface area (Å²) in [4.78, 5) is 33.2. The smallest absolute Gasteiger partial charge is 0.375 e. The fourth-order valence-electron chi connectivity index (χ4n) is 1.55. The molecule has 22 heavy (non-hydrogen) atoms. The Morgan fingerprint density at radius 2 is 1.91 bits per heavy atom. The van der Waals surface area contributed by atoms with Crippen LogP contribution in [0.15, 0.2) is 30.2 Å². The van der Waals surface area contributed by atoms with Crippen LogP contribution < -0.4 is 4.74 Å². The number of esters is 1. The molecule has 0 fully saturated rings. The highest BCUT2D eigenvalue weighted by Gasteiger charge is 2.20. The topological polar surface area (TPSA) is 119 Å². The molecule has 1 aromatic carbocycles. The zero-order chi connectivity index (χ0) is 16.7. The van der Waals surface area contributed by atoms with Crippen LogP contribution >= 0.6 is 0 Å². The van der Waals surface area contributed by atoms with Crippen LogP contribution in [0.2, 0.25) is 0 Å². The van der Waals surface area contributed by atoms with E-state index in [1.807, 2.05) is 0 Å². The van der Waals surface area contributed by atoms with E-state index in [1.165, 1.54) is 32.2 Å². The van der Waals surface area contributed by atoms with Crippen molar-refractivity contribution in [3.05, 3.63) is 41.3 Å². The SMILES string of the molecule is CO/C=C(/Oc1cccc(COC(C)=O)c1C(=O)O)C(=O)O. The molecule has 1 rings (SSSR count). The Bertz CT molecular complexity index is 617. The minimum atomic E-state index is -1.43. The lowest BCUT2D eigenvalue weighted by molar-refractivity contribution is -0.142. The Hall–Kier alpha value is -3.03. The van der Waals surface area contributed by atoms with Crippen molar-refractivity contribution < 1.29 is 38.8 Å². The predicted molar refractivity (Wildman–Crippen MR) is 72.2 cm³/mol. The molecule has 0 saturated carbocycles. The number of hydrogen-bond acceptors (Lipinski definition) is 6. The summed E-state index contributed by atoms with van der Waals surface area (Å²) >= 11 is 0. The maximum Gasteiger partial charge on any atom is 0.375 e. The normalized spacial score (nSPS) is 10.7. The molecule has 8 nitrogen and oxygen atoms in total. The van der Waals surface area contributed by atoms with Crippen LogP contribution in [0.5, 0.6) is 5.75 Å². The fraction of sp³-hybridized carbons (Fsp3) is 0.214. The van der Waals surface area contributed by atoms with E-state index in [9.17, 15) is 19.5 Å². The summed E-state index contributed by atoms with van der Waals surface area (Å²) in [5.41, 5.74) is -0.130. The summed E-state index contributed by atoms with van der Waals surface area (Å²) in [6.45, 7) is 0.912. The molecule has 2 N–H and O–H groups in total. The molecule has 0 spiro atoms. The van der Waals surface area contributed by atoms with Crippen LogP contribution in [0.3, 0.4) is 0 Å². The molecule has 0 aliphatic carbocycles. The second kappa shape index (κ2) is 7.67. The standard InChI is InChI=1S/C14H14O8/c1-8(15)21-6-9-4-3-5-10(12(9)14(18)19)22-11(7-20-2)13(16)17/h3-5,7H,6H2,1-2H3,(H,16,17)(H,18,19)/b11-7+. The van der Waals surface area contributed by atoms with Gasteiger partial charge in [0.05, 0.1) is 7.11 Å². The number of aliphatic carboxylic acids is 1. The van der Waals surface area contributed by atoms with Crippen molar-refractivity contribution in [1.82, 2.24) is 0 Å². The van der Waals surface area contributed by atoms with E-state index in [4.69, 9.17) is 14.6 Å². The summed E-state index contributed by atoms with van der Waals surface area (Å²) in [5, 5.41) is 18.2. The molecule has 0 amide bonds. The van der Waals surface area contributed by atoms with Crippen molar-refractivity contribution in [2.45, 2.75) is 13.5 Å². The Kier molecular flexibility index (Phi) is 5.94. The highest BCUT2D eigenvalue weighted by Crippen LogP contribution is 2.25. The van der Waals surface area contributed by atoms with E-state index in [2.05, 4.69) is 4.74 Å². The molecule has 0 heterocycles. The molecule has 8 heteroatoms. The lowest BCUT2D eigenvalue weighted by Gasteiger charge is -2.12. The van der Waals surface area contributed by atoms with Crippen molar-refractivity contribution in [2.24, 2.45) is 0 Å². The summed E-state index contributed by atoms with van der Waals surface area (Å²) in [6.07, 6.45) is 0.826. The predicted octanol–water partition coefficient (Wildman–Crippen LogP) is 1.40. The molecule has 0 aliphatic rings. The van der Waals surface area contributed by atoms with Crippen LogP contribution in [-0.2, 0) is 25.7 Å². The van der Waals surface area contributed by atoms with Gasteiger partial charge < -0.3 is 24.4 Å². The molecule has 1 aromatic rings. The molecule has 0 aromatic heterocycles. The van der Waals surface area contributed by atoms with Gasteiger partial charge in [-0.3, -0.25) is 4.79 Å². The van der Waals surface area contributed by atoms with Gasteiger partial charge in [0.2, 0.25) is 5.76 Å². The molecular weight excluding hydrogens is 296 g/mol. The largest absolute Gasteiger partial charge is 0.500 e. The van der Waals surface area contributed by atoms with Gasteiger partial charge in [0, 0.05) is 12.5 Å². The molecule has 118 valence electrons. The molecular formula is C14H14O8. The number of carboxylic acid groups (broad SMARTS) is 2. The first-order valence-corrected chi connectivity index (χ1v) is 5.99. The molecule has 0 unspecified atom stereocenters. The lowest BCUT2D eigenvalue weighted by Crippen LogP contribution is -2.13. The zero-order valence-electron chi connectivity index (χ0n) is 11.9. The van der Waals surface area contributed by atoms with Gasteiger partial charge in [-0.15, -0.1) is 0 Å². The zero-order valence-corrected chi connectivity index (χ0v) is 11.9. The molecule has 0 saturated heterocycles. The van der Waals surface area contributed by atoms with E-state index in [0.29, 0.717) is 0 Å². The van der Waals surface area contributed by atoms with Crippen LogP contribution in [0.4, 0.5) is 0 Å². The van der Waals surface area contributed by atoms with Crippen LogP contribution in [0.25, 0.3) is 0 Å². The number of benzene rings is 1. The number of carbonyl (C=O) groups excluding carboxylic acids is 1. The van der Waals surface area contributed by atoms with Crippen molar-refractivity contribution in [3.8, 4) is 5.75 Å². The highest BCUT2D eigenvalue weighted by molar-refractivity contribution is 5.93. The average Bonchev–Trinajstić information content (AvgIpc) is 2.44. The van der Waals surface area contributed by atoms with Crippen molar-refractivity contribution in [2.75, 3.05) is 7.11 Å². The first kappa shape index (κ1) is 17.0. The number of carboxylic acids is 2. The van der Waals surface area contributed by atoms with Gasteiger partial charge in [-0.05, 0) is 6.07 Å². The maximum absolute atomic E-state index is 11.4. The summed E-state index contributed by atoms with van der Waals surface area (Å²) < 4.78 is 14.4. The van der Waals surface area contributed by atoms with Gasteiger partial charge in [-0.25, -0.2) is 9.59 Å². The van der Waals surface area contributed by atoms with Crippen LogP contribution in [0.1, 0.15) is 22.8 Å². The third-order valence-corrected chi connectivity index (χ3v) is 2.41. The number of rotatable bonds is 7. The van der Waals surface area contributed by atoms with Gasteiger partial charge in [-0.1, -0.05) is 12.1 Å². The summed E-state index contributed by atoms with van der Waals surface area (Å²) in [7, 11) is 1.22. The van der Waals surface area contributed by atoms with E-state index >= 15 is 0 Å². The Morgan fingerprint density at radius 3 is 2.41 bits per heavy atom. The number of ether oxygens (including phenoxy) is 3. The Labute approximate surface area is 125 Å². The quantitative estimate of drug-likeness (QED) is 0.440. The van der Waals surface area contributed by atoms with Crippen molar-refractivity contribution in [3.63, 3.8) is 0 Å². The molecule has 0 aliphatic heterocycles. The van der Waals surface area contributed by atoms with Crippen molar-refractivity contribution in [1.29, 1.82) is 0 Å². The van der Waals surface area contributed by atoms with Gasteiger partial charge >= 0.3 is 17.9 Å². The maximum atomic E-state index is 11.4. The average molecular weight is 310 g/mol. The Morgan fingerprint density at radius 1 is 1.23 bits per heavy atom. The van der Waals surface area contributed by atoms with Gasteiger partial charge in [0.25, 0.3) is 0 Å². The lowest BCUT2D eigenvalue weighted by atomic mass is 10.1. The van der Waals surface area contributed by atoms with Gasteiger partial charge in [0.1, 0.15) is 24.2 Å². The van der Waals surface area contributed by atoms with E-state index < -0.39 is 23.7 Å². The molecule has 0 bridgehead atoms. The first-order valence-electron chi connectivity index (χ1n) is 5.99. The van der Waals surface area contributed by atoms with E-state index in [0.717, 1.165) is 6.26 Å². The van der Waals surface area contributed by atoms with E-state index in [1.54, 1.807) is 0 Å². The van der Waals surface area contributed by atoms with Crippen molar-refractivity contribution >= 4 is 17.9 Å². The Balaban J connectivity index is 3.21. The second-order valence-corrected chi connectivity index (χ2v) is 4.00. The number of aromatic carboxylic acids is 1. The van der Waals surface area contributed by atoms with Crippen LogP contribution in [-0.4, -0.2) is 35.2 Å². The number of carbonyl (C=O) groups is 3. The first-order chi connectivity index (χ1) is 10.4.